The molecule has 6 heteroatoms. The molecule has 0 spiro atoms. The number of fused-ring (bicyclic) bond motifs is 1. The summed E-state index contributed by atoms with van der Waals surface area (Å²) in [7, 11) is 0. The van der Waals surface area contributed by atoms with Crippen LogP contribution in [-0.4, -0.2) is 15.2 Å². The van der Waals surface area contributed by atoms with Gasteiger partial charge in [0.2, 0.25) is 5.62 Å². The van der Waals surface area contributed by atoms with Crippen LogP contribution in [0.25, 0.3) is 11.0 Å². The van der Waals surface area contributed by atoms with Gasteiger partial charge in [-0.15, -0.1) is 5.10 Å². The van der Waals surface area contributed by atoms with Gasteiger partial charge in [-0.1, -0.05) is 12.1 Å². The van der Waals surface area contributed by atoms with Gasteiger partial charge in [-0.3, -0.25) is 0 Å². The fourth-order valence-electron chi connectivity index (χ4n) is 2.43. The van der Waals surface area contributed by atoms with E-state index in [1.165, 1.54) is 0 Å². The highest BCUT2D eigenvalue weighted by Crippen LogP contribution is 2.19. The van der Waals surface area contributed by atoms with Gasteiger partial charge in [0, 0.05) is 12.1 Å². The maximum atomic E-state index is 10.9. The number of carbonyl (C=O) groups is 1. The van der Waals surface area contributed by atoms with E-state index in [9.17, 15) is 4.79 Å². The maximum absolute atomic E-state index is 10.9. The molecule has 0 fully saturated rings. The molecule has 2 rings (SSSR count). The first-order valence-electron chi connectivity index (χ1n) is 6.74. The molecule has 2 amide bonds. The van der Waals surface area contributed by atoms with Crippen molar-refractivity contribution in [2.24, 2.45) is 10.8 Å². The lowest BCUT2D eigenvalue weighted by Crippen LogP contribution is -2.34. The van der Waals surface area contributed by atoms with Gasteiger partial charge in [0.1, 0.15) is 0 Å². The van der Waals surface area contributed by atoms with E-state index in [0.29, 0.717) is 5.62 Å². The van der Waals surface area contributed by atoms with E-state index in [0.717, 1.165) is 11.0 Å². The molecule has 108 valence electrons. The van der Waals surface area contributed by atoms with Crippen LogP contribution in [0.4, 0.5) is 4.79 Å². The summed E-state index contributed by atoms with van der Waals surface area (Å²) >= 11 is 0. The Morgan fingerprint density at radius 1 is 1.10 bits per heavy atom. The number of para-hydroxylation sites is 2. The highest BCUT2D eigenvalue weighted by atomic mass is 16.2. The summed E-state index contributed by atoms with van der Waals surface area (Å²) in [5, 5.41) is 4.19. The van der Waals surface area contributed by atoms with Crippen molar-refractivity contribution in [2.45, 2.75) is 39.8 Å². The molecule has 0 aliphatic heterocycles. The molecular formula is C14H21N5O. The molecule has 0 saturated carbocycles. The first-order chi connectivity index (χ1) is 9.43. The molecule has 20 heavy (non-hydrogen) atoms. The molecule has 1 aromatic heterocycles. The molecule has 2 aromatic rings. The summed E-state index contributed by atoms with van der Waals surface area (Å²) in [6, 6.07) is 7.87. The van der Waals surface area contributed by atoms with E-state index in [4.69, 9.17) is 5.73 Å². The molecular weight excluding hydrogens is 254 g/mol. The third-order valence-electron chi connectivity index (χ3n) is 3.13. The minimum Gasteiger partial charge on any atom is -0.350 e. The molecule has 3 N–H and O–H groups in total. The number of hydrogen-bond donors (Lipinski definition) is 2. The topological polar surface area (TPSA) is 77.3 Å². The van der Waals surface area contributed by atoms with Gasteiger partial charge < -0.3 is 14.9 Å². The number of primary amides is 1. The number of rotatable bonds is 3. The van der Waals surface area contributed by atoms with Gasteiger partial charge in [-0.2, -0.15) is 0 Å². The number of urea groups is 1. The predicted octanol–water partition coefficient (Wildman–Crippen LogP) is 2.09. The van der Waals surface area contributed by atoms with E-state index < -0.39 is 6.03 Å². The van der Waals surface area contributed by atoms with Crippen molar-refractivity contribution >= 4 is 17.1 Å². The third-order valence-corrected chi connectivity index (χ3v) is 3.13. The van der Waals surface area contributed by atoms with Crippen molar-refractivity contribution in [3.63, 3.8) is 0 Å². The Morgan fingerprint density at radius 2 is 1.55 bits per heavy atom. The minimum atomic E-state index is -0.666. The Hall–Kier alpha value is -2.24. The van der Waals surface area contributed by atoms with Crippen molar-refractivity contribution < 1.29 is 4.79 Å². The Kier molecular flexibility index (Phi) is 3.83. The summed E-state index contributed by atoms with van der Waals surface area (Å²) < 4.78 is 4.18. The molecule has 0 bridgehead atoms. The zero-order chi connectivity index (χ0) is 14.9. The lowest BCUT2D eigenvalue weighted by Gasteiger charge is -2.11. The fraction of sp³-hybridized carbons (Fsp3) is 0.429. The largest absolute Gasteiger partial charge is 0.350 e. The second-order valence-corrected chi connectivity index (χ2v) is 5.30. The molecule has 0 saturated heterocycles. The second-order valence-electron chi connectivity index (χ2n) is 5.30. The normalized spacial score (nSPS) is 11.3. The van der Waals surface area contributed by atoms with Crippen molar-refractivity contribution in [2.75, 3.05) is 0 Å². The zero-order valence-electron chi connectivity index (χ0n) is 12.3. The van der Waals surface area contributed by atoms with Crippen LogP contribution in [0.1, 0.15) is 39.8 Å². The van der Waals surface area contributed by atoms with E-state index in [2.05, 4.69) is 59.5 Å². The fourth-order valence-corrected chi connectivity index (χ4v) is 2.43. The number of nitrogens with two attached hydrogens (primary N) is 1. The Morgan fingerprint density at radius 3 is 1.90 bits per heavy atom. The molecule has 0 aliphatic rings. The quantitative estimate of drug-likeness (QED) is 0.827. The van der Waals surface area contributed by atoms with Gasteiger partial charge in [0.25, 0.3) is 0 Å². The molecule has 1 heterocycles. The van der Waals surface area contributed by atoms with Crippen LogP contribution < -0.4 is 16.8 Å². The highest BCUT2D eigenvalue weighted by Gasteiger charge is 2.15. The van der Waals surface area contributed by atoms with Crippen LogP contribution in [0.15, 0.2) is 29.4 Å². The SMILES string of the molecule is CC(C)n1c(=NNC(N)=O)n(C(C)C)c2ccccc21. The van der Waals surface area contributed by atoms with Gasteiger partial charge >= 0.3 is 6.03 Å². The van der Waals surface area contributed by atoms with Crippen LogP contribution in [0, 0.1) is 0 Å². The average Bonchev–Trinajstić information content (AvgIpc) is 2.70. The number of nitrogens with zero attached hydrogens (tertiary/aromatic N) is 3. The molecule has 1 aromatic carbocycles. The van der Waals surface area contributed by atoms with Gasteiger partial charge in [0.05, 0.1) is 11.0 Å². The van der Waals surface area contributed by atoms with Crippen LogP contribution in [0.3, 0.4) is 0 Å². The highest BCUT2D eigenvalue weighted by molar-refractivity contribution is 5.76. The molecule has 0 unspecified atom stereocenters. The average molecular weight is 275 g/mol. The van der Waals surface area contributed by atoms with E-state index in [1.807, 2.05) is 12.1 Å². The standard InChI is InChI=1S/C14H21N5O/c1-9(2)18-11-7-5-6-8-12(11)19(10(3)4)14(18)17-16-13(15)20/h5-10H,1-4H3,(H3,15,16,20). The summed E-state index contributed by atoms with van der Waals surface area (Å²) in [4.78, 5) is 10.9. The van der Waals surface area contributed by atoms with Crippen LogP contribution >= 0.6 is 0 Å². The van der Waals surface area contributed by atoms with E-state index >= 15 is 0 Å². The molecule has 0 radical (unpaired) electrons. The number of amides is 2. The number of imidazole rings is 1. The summed E-state index contributed by atoms with van der Waals surface area (Å²) in [6.07, 6.45) is 0. The lowest BCUT2D eigenvalue weighted by atomic mass is 10.3. The van der Waals surface area contributed by atoms with Gasteiger partial charge in [0.15, 0.2) is 0 Å². The summed E-state index contributed by atoms with van der Waals surface area (Å²) in [5.41, 5.74) is 10.3. The minimum absolute atomic E-state index is 0.216. The third kappa shape index (κ3) is 2.41. The smallest absolute Gasteiger partial charge is 0.332 e. The number of aromatic nitrogens is 2. The van der Waals surface area contributed by atoms with Crippen molar-refractivity contribution in [1.29, 1.82) is 0 Å². The van der Waals surface area contributed by atoms with Crippen molar-refractivity contribution in [3.05, 3.63) is 29.9 Å². The summed E-state index contributed by atoms with van der Waals surface area (Å²) in [5.74, 6) is 0. The molecule has 6 nitrogen and oxygen atoms in total. The predicted molar refractivity (Wildman–Crippen MR) is 79.0 cm³/mol. The first-order valence-corrected chi connectivity index (χ1v) is 6.74. The van der Waals surface area contributed by atoms with E-state index in [1.54, 1.807) is 0 Å². The van der Waals surface area contributed by atoms with Crippen LogP contribution in [0.5, 0.6) is 0 Å². The number of benzene rings is 1. The maximum Gasteiger partial charge on any atom is 0.332 e. The van der Waals surface area contributed by atoms with E-state index in [-0.39, 0.29) is 12.1 Å². The summed E-state index contributed by atoms with van der Waals surface area (Å²) in [6.45, 7) is 8.33. The zero-order valence-corrected chi connectivity index (χ0v) is 12.3. The Bertz CT molecular complexity index is 645. The van der Waals surface area contributed by atoms with Gasteiger partial charge in [-0.25, -0.2) is 10.2 Å². The number of hydrogen-bond acceptors (Lipinski definition) is 2. The number of carbonyl (C=O) groups excluding carboxylic acids is 1. The first kappa shape index (κ1) is 14.2. The molecule has 0 atom stereocenters. The number of nitrogens with one attached hydrogen (secondary N) is 1. The lowest BCUT2D eigenvalue weighted by molar-refractivity contribution is 0.248. The molecule has 0 aliphatic carbocycles. The monoisotopic (exact) mass is 275 g/mol. The van der Waals surface area contributed by atoms with Crippen LogP contribution in [-0.2, 0) is 0 Å². The van der Waals surface area contributed by atoms with Gasteiger partial charge in [-0.05, 0) is 39.8 Å². The van der Waals surface area contributed by atoms with Crippen molar-refractivity contribution in [1.82, 2.24) is 14.6 Å². The van der Waals surface area contributed by atoms with Crippen molar-refractivity contribution in [3.8, 4) is 0 Å². The second kappa shape index (κ2) is 5.40. The Balaban J connectivity index is 2.87. The Labute approximate surface area is 117 Å². The van der Waals surface area contributed by atoms with Crippen LogP contribution in [0.2, 0.25) is 0 Å².